The maximum absolute atomic E-state index is 9.17. The fourth-order valence-corrected chi connectivity index (χ4v) is 1.05. The van der Waals surface area contributed by atoms with Crippen molar-refractivity contribution in [2.45, 2.75) is 6.92 Å². The lowest BCUT2D eigenvalue weighted by Gasteiger charge is -2.29. The fraction of sp³-hybridized carbons (Fsp3) is 0.500. The Kier molecular flexibility index (Phi) is 1.81. The molecule has 0 aromatic heterocycles. The Labute approximate surface area is 61.7 Å². The summed E-state index contributed by atoms with van der Waals surface area (Å²) in [7, 11) is 2.10. The molecule has 0 amide bonds. The van der Waals surface area contributed by atoms with Gasteiger partial charge in [-0.1, -0.05) is 0 Å². The second-order valence-corrected chi connectivity index (χ2v) is 2.95. The molecular formula is C8H14NO+. The first-order valence-electron chi connectivity index (χ1n) is 3.58. The zero-order chi connectivity index (χ0) is 7.61. The van der Waals surface area contributed by atoms with Crippen molar-refractivity contribution >= 4 is 0 Å². The molecule has 1 aliphatic heterocycles. The van der Waals surface area contributed by atoms with Gasteiger partial charge in [0.1, 0.15) is 12.3 Å². The summed E-state index contributed by atoms with van der Waals surface area (Å²) >= 11 is 0. The van der Waals surface area contributed by atoms with Crippen LogP contribution < -0.4 is 0 Å². The van der Waals surface area contributed by atoms with E-state index in [1.807, 2.05) is 6.08 Å². The Bertz CT molecular complexity index is 184. The molecule has 1 atom stereocenters. The highest BCUT2D eigenvalue weighted by molar-refractivity contribution is 5.08. The number of aliphatic hydroxyl groups excluding tert-OH is 1. The standard InChI is InChI=1S/C8H13NO/c1-3-9(2)6-4-5-8(10)7-9/h4-6H,3,7H2,1-2H3/p+1. The molecule has 56 valence electrons. The van der Waals surface area contributed by atoms with Crippen molar-refractivity contribution in [2.24, 2.45) is 0 Å². The van der Waals surface area contributed by atoms with E-state index in [0.717, 1.165) is 17.6 Å². The lowest BCUT2D eigenvalue weighted by atomic mass is 10.3. The van der Waals surface area contributed by atoms with Crippen molar-refractivity contribution < 1.29 is 9.59 Å². The van der Waals surface area contributed by atoms with Gasteiger partial charge >= 0.3 is 0 Å². The Morgan fingerprint density at radius 1 is 1.70 bits per heavy atom. The Morgan fingerprint density at radius 2 is 2.40 bits per heavy atom. The highest BCUT2D eigenvalue weighted by Gasteiger charge is 2.19. The van der Waals surface area contributed by atoms with Crippen LogP contribution >= 0.6 is 0 Å². The topological polar surface area (TPSA) is 20.2 Å². The molecule has 2 heteroatoms. The van der Waals surface area contributed by atoms with E-state index in [2.05, 4.69) is 20.2 Å². The smallest absolute Gasteiger partial charge is 0.147 e. The molecule has 0 aromatic rings. The average Bonchev–Trinajstić information content (AvgIpc) is 1.88. The highest BCUT2D eigenvalue weighted by atomic mass is 16.3. The van der Waals surface area contributed by atoms with E-state index in [1.54, 1.807) is 6.08 Å². The SMILES string of the molecule is CC[N+]1(C)C=CC=C(O)C1. The number of allylic oxidation sites excluding steroid dienone is 2. The van der Waals surface area contributed by atoms with Crippen molar-refractivity contribution in [1.82, 2.24) is 0 Å². The lowest BCUT2D eigenvalue weighted by molar-refractivity contribution is -0.854. The van der Waals surface area contributed by atoms with Gasteiger partial charge in [-0.2, -0.15) is 0 Å². The molecule has 0 saturated carbocycles. The van der Waals surface area contributed by atoms with Crippen LogP contribution in [0.15, 0.2) is 24.1 Å². The summed E-state index contributed by atoms with van der Waals surface area (Å²) in [5.74, 6) is 0.479. The number of rotatable bonds is 1. The molecule has 0 fully saturated rings. The summed E-state index contributed by atoms with van der Waals surface area (Å²) in [6.07, 6.45) is 5.75. The number of hydrogen-bond donors (Lipinski definition) is 1. The normalized spacial score (nSPS) is 32.0. The summed E-state index contributed by atoms with van der Waals surface area (Å²) in [5, 5.41) is 9.17. The number of aliphatic hydroxyl groups is 1. The number of likely N-dealkylation sites (N-methyl/N-ethyl adjacent to an activating group) is 1. The van der Waals surface area contributed by atoms with Crippen LogP contribution in [0.2, 0.25) is 0 Å². The van der Waals surface area contributed by atoms with Crippen molar-refractivity contribution in [3.05, 3.63) is 24.1 Å². The molecule has 0 aliphatic carbocycles. The van der Waals surface area contributed by atoms with E-state index in [1.165, 1.54) is 0 Å². The van der Waals surface area contributed by atoms with Gasteiger partial charge in [-0.3, -0.25) is 4.48 Å². The number of hydrogen-bond acceptors (Lipinski definition) is 1. The summed E-state index contributed by atoms with van der Waals surface area (Å²) < 4.78 is 0.808. The molecule has 1 aliphatic rings. The first-order chi connectivity index (χ1) is 4.66. The molecule has 10 heavy (non-hydrogen) atoms. The van der Waals surface area contributed by atoms with Gasteiger partial charge < -0.3 is 5.11 Å². The van der Waals surface area contributed by atoms with Crippen LogP contribution in [0.4, 0.5) is 0 Å². The van der Waals surface area contributed by atoms with Crippen LogP contribution in [-0.4, -0.2) is 29.7 Å². The Morgan fingerprint density at radius 3 is 2.80 bits per heavy atom. The minimum Gasteiger partial charge on any atom is -0.507 e. The van der Waals surface area contributed by atoms with Gasteiger partial charge in [0.15, 0.2) is 0 Å². The summed E-state index contributed by atoms with van der Waals surface area (Å²) in [6, 6.07) is 0. The van der Waals surface area contributed by atoms with Gasteiger partial charge in [0.2, 0.25) is 0 Å². The molecule has 2 nitrogen and oxygen atoms in total. The van der Waals surface area contributed by atoms with Crippen LogP contribution in [0.1, 0.15) is 6.92 Å². The third-order valence-electron chi connectivity index (χ3n) is 1.98. The third-order valence-corrected chi connectivity index (χ3v) is 1.98. The number of quaternary nitrogens is 1. The predicted molar refractivity (Wildman–Crippen MR) is 41.4 cm³/mol. The minimum absolute atomic E-state index is 0.479. The Balaban J connectivity index is 2.71. The van der Waals surface area contributed by atoms with Crippen LogP contribution in [0.25, 0.3) is 0 Å². The van der Waals surface area contributed by atoms with E-state index < -0.39 is 0 Å². The van der Waals surface area contributed by atoms with Crippen molar-refractivity contribution in [3.63, 3.8) is 0 Å². The van der Waals surface area contributed by atoms with Crippen LogP contribution in [0.5, 0.6) is 0 Å². The van der Waals surface area contributed by atoms with Crippen molar-refractivity contribution in [2.75, 3.05) is 20.1 Å². The molecule has 0 bridgehead atoms. The quantitative estimate of drug-likeness (QED) is 0.546. The molecule has 1 rings (SSSR count). The van der Waals surface area contributed by atoms with Gasteiger partial charge in [0.25, 0.3) is 0 Å². The van der Waals surface area contributed by atoms with E-state index in [-0.39, 0.29) is 0 Å². The first-order valence-corrected chi connectivity index (χ1v) is 3.58. The monoisotopic (exact) mass is 140 g/mol. The third kappa shape index (κ3) is 1.39. The zero-order valence-corrected chi connectivity index (χ0v) is 6.54. The average molecular weight is 140 g/mol. The van der Waals surface area contributed by atoms with E-state index in [9.17, 15) is 5.11 Å². The summed E-state index contributed by atoms with van der Waals surface area (Å²) in [6.45, 7) is 3.87. The molecule has 1 unspecified atom stereocenters. The second kappa shape index (κ2) is 2.46. The molecule has 1 N–H and O–H groups in total. The minimum atomic E-state index is 0.479. The van der Waals surface area contributed by atoms with E-state index in [4.69, 9.17) is 0 Å². The van der Waals surface area contributed by atoms with Gasteiger partial charge in [0.05, 0.1) is 19.8 Å². The number of nitrogens with zero attached hydrogens (tertiary/aromatic N) is 1. The second-order valence-electron chi connectivity index (χ2n) is 2.95. The largest absolute Gasteiger partial charge is 0.507 e. The van der Waals surface area contributed by atoms with Crippen LogP contribution in [0, 0.1) is 0 Å². The van der Waals surface area contributed by atoms with Gasteiger partial charge in [0, 0.05) is 0 Å². The molecule has 0 saturated heterocycles. The molecule has 0 spiro atoms. The molecular weight excluding hydrogens is 126 g/mol. The van der Waals surface area contributed by atoms with E-state index >= 15 is 0 Å². The summed E-state index contributed by atoms with van der Waals surface area (Å²) in [4.78, 5) is 0. The van der Waals surface area contributed by atoms with Crippen LogP contribution in [0.3, 0.4) is 0 Å². The molecule has 0 radical (unpaired) electrons. The van der Waals surface area contributed by atoms with Gasteiger partial charge in [-0.25, -0.2) is 0 Å². The first kappa shape index (κ1) is 7.35. The fourth-order valence-electron chi connectivity index (χ4n) is 1.05. The van der Waals surface area contributed by atoms with Crippen molar-refractivity contribution in [1.29, 1.82) is 0 Å². The van der Waals surface area contributed by atoms with E-state index in [0.29, 0.717) is 5.76 Å². The van der Waals surface area contributed by atoms with Crippen LogP contribution in [-0.2, 0) is 0 Å². The summed E-state index contributed by atoms with van der Waals surface area (Å²) in [5.41, 5.74) is 0. The Hall–Kier alpha value is -0.760. The molecule has 1 heterocycles. The maximum Gasteiger partial charge on any atom is 0.147 e. The van der Waals surface area contributed by atoms with Crippen molar-refractivity contribution in [3.8, 4) is 0 Å². The highest BCUT2D eigenvalue weighted by Crippen LogP contribution is 2.11. The molecule has 0 aromatic carbocycles. The van der Waals surface area contributed by atoms with Gasteiger partial charge in [-0.15, -0.1) is 0 Å². The maximum atomic E-state index is 9.17. The predicted octanol–water partition coefficient (Wildman–Crippen LogP) is 1.42. The zero-order valence-electron chi connectivity index (χ0n) is 6.54. The lowest BCUT2D eigenvalue weighted by Crippen LogP contribution is -2.40. The van der Waals surface area contributed by atoms with Gasteiger partial charge in [-0.05, 0) is 19.1 Å².